The van der Waals surface area contributed by atoms with E-state index in [9.17, 15) is 9.59 Å². The Balaban J connectivity index is 1.56. The summed E-state index contributed by atoms with van der Waals surface area (Å²) in [4.78, 5) is 24.5. The Morgan fingerprint density at radius 1 is 0.964 bits per heavy atom. The summed E-state index contributed by atoms with van der Waals surface area (Å²) < 4.78 is 0. The number of amides is 2. The number of halogens is 2. The molecule has 1 aliphatic rings. The first kappa shape index (κ1) is 20.4. The fraction of sp³-hybridized carbons (Fsp3) is 0.286. The van der Waals surface area contributed by atoms with Crippen molar-refractivity contribution >= 4 is 46.9 Å². The zero-order valence-corrected chi connectivity index (χ0v) is 16.8. The minimum absolute atomic E-state index is 0.0538. The van der Waals surface area contributed by atoms with E-state index < -0.39 is 0 Å². The van der Waals surface area contributed by atoms with E-state index in [1.165, 1.54) is 12.6 Å². The highest BCUT2D eigenvalue weighted by Crippen LogP contribution is 2.25. The van der Waals surface area contributed by atoms with Crippen LogP contribution in [-0.2, 0) is 4.79 Å². The highest BCUT2D eigenvalue weighted by Gasteiger charge is 2.21. The topological polar surface area (TPSA) is 70.6 Å². The number of nitrogens with one attached hydrogen (secondary N) is 2. The van der Waals surface area contributed by atoms with Crippen LogP contribution in [0.15, 0.2) is 47.6 Å². The molecule has 1 fully saturated rings. The van der Waals surface area contributed by atoms with Gasteiger partial charge in [-0.2, -0.15) is 5.10 Å². The Morgan fingerprint density at radius 3 is 2.25 bits per heavy atom. The second-order valence-corrected chi connectivity index (χ2v) is 7.55. The Bertz CT molecular complexity index is 855. The summed E-state index contributed by atoms with van der Waals surface area (Å²) in [5, 5.41) is 7.73. The van der Waals surface area contributed by atoms with E-state index in [0.717, 1.165) is 25.7 Å². The predicted molar refractivity (Wildman–Crippen MR) is 113 cm³/mol. The summed E-state index contributed by atoms with van der Waals surface area (Å²) in [6.45, 7) is 0. The average Bonchev–Trinajstić information content (AvgIpc) is 2.71. The Morgan fingerprint density at radius 2 is 1.61 bits per heavy atom. The van der Waals surface area contributed by atoms with E-state index in [-0.39, 0.29) is 17.7 Å². The highest BCUT2D eigenvalue weighted by atomic mass is 35.5. The smallest absolute Gasteiger partial charge is 0.271 e. The molecule has 28 heavy (non-hydrogen) atoms. The first-order valence-corrected chi connectivity index (χ1v) is 9.98. The van der Waals surface area contributed by atoms with Crippen LogP contribution in [0.2, 0.25) is 10.0 Å². The van der Waals surface area contributed by atoms with Gasteiger partial charge in [0, 0.05) is 22.7 Å². The minimum Gasteiger partial charge on any atom is -0.326 e. The maximum absolute atomic E-state index is 12.3. The lowest BCUT2D eigenvalue weighted by molar-refractivity contribution is -0.120. The number of hydrogen-bond donors (Lipinski definition) is 2. The molecule has 7 heteroatoms. The average molecular weight is 418 g/mol. The molecule has 3 rings (SSSR count). The molecule has 5 nitrogen and oxygen atoms in total. The maximum atomic E-state index is 12.3. The number of carbonyl (C=O) groups excluding carboxylic acids is 2. The van der Waals surface area contributed by atoms with Crippen LogP contribution in [0.1, 0.15) is 48.0 Å². The molecule has 0 unspecified atom stereocenters. The number of benzene rings is 2. The van der Waals surface area contributed by atoms with Crippen molar-refractivity contribution in [3.8, 4) is 0 Å². The largest absolute Gasteiger partial charge is 0.326 e. The molecule has 0 heterocycles. The number of carbonyl (C=O) groups is 2. The summed E-state index contributed by atoms with van der Waals surface area (Å²) >= 11 is 12.1. The predicted octanol–water partition coefficient (Wildman–Crippen LogP) is 5.28. The van der Waals surface area contributed by atoms with Crippen LogP contribution in [0.5, 0.6) is 0 Å². The van der Waals surface area contributed by atoms with Crippen LogP contribution in [0, 0.1) is 5.92 Å². The molecule has 0 aliphatic heterocycles. The summed E-state index contributed by atoms with van der Waals surface area (Å²) in [6, 6.07) is 11.8. The van der Waals surface area contributed by atoms with Crippen LogP contribution in [0.25, 0.3) is 0 Å². The van der Waals surface area contributed by atoms with Gasteiger partial charge in [-0.05, 0) is 49.2 Å². The van der Waals surface area contributed by atoms with E-state index in [4.69, 9.17) is 23.2 Å². The summed E-state index contributed by atoms with van der Waals surface area (Å²) in [6.07, 6.45) is 6.72. The van der Waals surface area contributed by atoms with Crippen LogP contribution >= 0.6 is 23.2 Å². The summed E-state index contributed by atoms with van der Waals surface area (Å²) in [5.74, 6) is -0.231. The third-order valence-electron chi connectivity index (χ3n) is 4.75. The third-order valence-corrected chi connectivity index (χ3v) is 5.41. The van der Waals surface area contributed by atoms with Crippen LogP contribution in [0.3, 0.4) is 0 Å². The van der Waals surface area contributed by atoms with Gasteiger partial charge in [0.25, 0.3) is 5.91 Å². The Labute approximate surface area is 174 Å². The monoisotopic (exact) mass is 417 g/mol. The van der Waals surface area contributed by atoms with Crippen molar-refractivity contribution in [2.45, 2.75) is 32.1 Å². The lowest BCUT2D eigenvalue weighted by atomic mass is 9.88. The second-order valence-electron chi connectivity index (χ2n) is 6.74. The fourth-order valence-corrected chi connectivity index (χ4v) is 3.66. The molecule has 2 aromatic carbocycles. The van der Waals surface area contributed by atoms with Crippen molar-refractivity contribution in [3.05, 3.63) is 63.6 Å². The zero-order valence-electron chi connectivity index (χ0n) is 15.3. The van der Waals surface area contributed by atoms with E-state index in [1.54, 1.807) is 42.5 Å². The van der Waals surface area contributed by atoms with E-state index >= 15 is 0 Å². The summed E-state index contributed by atoms with van der Waals surface area (Å²) in [7, 11) is 0. The number of hydrazone groups is 1. The number of rotatable bonds is 5. The first-order chi connectivity index (χ1) is 13.5. The second kappa shape index (κ2) is 9.71. The van der Waals surface area contributed by atoms with Gasteiger partial charge >= 0.3 is 0 Å². The quantitative estimate of drug-likeness (QED) is 0.513. The van der Waals surface area contributed by atoms with E-state index in [2.05, 4.69) is 15.8 Å². The van der Waals surface area contributed by atoms with Crippen LogP contribution in [-0.4, -0.2) is 18.0 Å². The van der Waals surface area contributed by atoms with Gasteiger partial charge in [-0.25, -0.2) is 5.43 Å². The van der Waals surface area contributed by atoms with Crippen LogP contribution in [0.4, 0.5) is 5.69 Å². The van der Waals surface area contributed by atoms with E-state index in [0.29, 0.717) is 26.9 Å². The summed E-state index contributed by atoms with van der Waals surface area (Å²) in [5.41, 5.74) is 4.08. The van der Waals surface area contributed by atoms with Gasteiger partial charge in [-0.15, -0.1) is 0 Å². The van der Waals surface area contributed by atoms with Crippen molar-refractivity contribution in [2.75, 3.05) is 5.32 Å². The molecule has 0 aromatic heterocycles. The van der Waals surface area contributed by atoms with Crippen molar-refractivity contribution < 1.29 is 9.59 Å². The van der Waals surface area contributed by atoms with Crippen molar-refractivity contribution in [2.24, 2.45) is 11.0 Å². The normalized spacial score (nSPS) is 14.8. The highest BCUT2D eigenvalue weighted by molar-refractivity contribution is 6.38. The first-order valence-electron chi connectivity index (χ1n) is 9.23. The van der Waals surface area contributed by atoms with Gasteiger partial charge in [-0.3, -0.25) is 9.59 Å². The minimum atomic E-state index is -0.371. The third kappa shape index (κ3) is 5.33. The molecule has 1 aliphatic carbocycles. The molecule has 0 bridgehead atoms. The molecule has 2 amide bonds. The molecular formula is C21H21Cl2N3O2. The van der Waals surface area contributed by atoms with Gasteiger partial charge < -0.3 is 5.32 Å². The molecule has 2 N–H and O–H groups in total. The SMILES string of the molecule is O=C(NN=Cc1c(Cl)cccc1Cl)c1ccc(NC(=O)C2CCCCC2)cc1. The molecule has 146 valence electrons. The fourth-order valence-electron chi connectivity index (χ4n) is 3.17. The zero-order chi connectivity index (χ0) is 19.9. The lowest BCUT2D eigenvalue weighted by Gasteiger charge is -2.20. The Hall–Kier alpha value is -2.37. The van der Waals surface area contributed by atoms with E-state index in [1.807, 2.05) is 0 Å². The van der Waals surface area contributed by atoms with Crippen molar-refractivity contribution in [3.63, 3.8) is 0 Å². The van der Waals surface area contributed by atoms with Crippen molar-refractivity contribution in [1.29, 1.82) is 0 Å². The number of nitrogens with zero attached hydrogens (tertiary/aromatic N) is 1. The molecule has 0 atom stereocenters. The number of hydrogen-bond acceptors (Lipinski definition) is 3. The van der Waals surface area contributed by atoms with Gasteiger partial charge in [0.2, 0.25) is 5.91 Å². The molecule has 0 radical (unpaired) electrons. The number of anilines is 1. The molecule has 2 aromatic rings. The van der Waals surface area contributed by atoms with Gasteiger partial charge in [0.1, 0.15) is 0 Å². The lowest BCUT2D eigenvalue weighted by Crippen LogP contribution is -2.24. The molecule has 0 spiro atoms. The van der Waals surface area contributed by atoms with Crippen LogP contribution < -0.4 is 10.7 Å². The molecular weight excluding hydrogens is 397 g/mol. The maximum Gasteiger partial charge on any atom is 0.271 e. The van der Waals surface area contributed by atoms with Gasteiger partial charge in [-0.1, -0.05) is 48.5 Å². The van der Waals surface area contributed by atoms with Gasteiger partial charge in [0.15, 0.2) is 0 Å². The standard InChI is InChI=1S/C21H21Cl2N3O2/c22-18-7-4-8-19(23)17(18)13-24-26-21(28)15-9-11-16(12-10-15)25-20(27)14-5-2-1-3-6-14/h4,7-14H,1-3,5-6H2,(H,25,27)(H,26,28). The van der Waals surface area contributed by atoms with Gasteiger partial charge in [0.05, 0.1) is 16.3 Å². The van der Waals surface area contributed by atoms with Crippen molar-refractivity contribution in [1.82, 2.24) is 5.43 Å². The molecule has 1 saturated carbocycles. The molecule has 0 saturated heterocycles. The Kier molecular flexibility index (Phi) is 7.06.